The van der Waals surface area contributed by atoms with Crippen molar-refractivity contribution in [2.45, 2.75) is 12.8 Å². The highest BCUT2D eigenvalue weighted by atomic mass is 19.3. The molecule has 1 aromatic rings. The average Bonchev–Trinajstić information content (AvgIpc) is 2.19. The molecule has 16 heavy (non-hydrogen) atoms. The lowest BCUT2D eigenvalue weighted by Crippen LogP contribution is -2.09. The van der Waals surface area contributed by atoms with Crippen LogP contribution in [0.5, 0.6) is 0 Å². The van der Waals surface area contributed by atoms with Gasteiger partial charge in [-0.05, 0) is 0 Å². The summed E-state index contributed by atoms with van der Waals surface area (Å²) in [4.78, 5) is 13.9. The zero-order chi connectivity index (χ0) is 12.3. The van der Waals surface area contributed by atoms with Gasteiger partial charge in [-0.3, -0.25) is 9.78 Å². The molecule has 0 unspecified atom stereocenters. The number of carboxylic acids is 1. The molecule has 1 rings (SSSR count). The standard InChI is InChI=1S/C9H7F2N3O2/c10-9(11)5-3-14-6(1-7(15)16)8(13)4(5)2-12/h3,9H,1,13H2,(H,15,16). The van der Waals surface area contributed by atoms with Crippen molar-refractivity contribution >= 4 is 11.7 Å². The zero-order valence-corrected chi connectivity index (χ0v) is 7.94. The Morgan fingerprint density at radius 2 is 2.31 bits per heavy atom. The molecule has 7 heteroatoms. The topological polar surface area (TPSA) is 100 Å². The van der Waals surface area contributed by atoms with Crippen LogP contribution in [0.25, 0.3) is 0 Å². The molecule has 0 radical (unpaired) electrons. The number of alkyl halides is 2. The number of nitrogens with two attached hydrogens (primary N) is 1. The molecule has 3 N–H and O–H groups in total. The van der Waals surface area contributed by atoms with E-state index in [1.807, 2.05) is 0 Å². The van der Waals surface area contributed by atoms with Crippen molar-refractivity contribution in [2.75, 3.05) is 5.73 Å². The Kier molecular flexibility index (Phi) is 3.35. The minimum absolute atomic E-state index is 0.0894. The highest BCUT2D eigenvalue weighted by Gasteiger charge is 2.19. The lowest BCUT2D eigenvalue weighted by Gasteiger charge is -2.08. The number of nitriles is 1. The summed E-state index contributed by atoms with van der Waals surface area (Å²) >= 11 is 0. The van der Waals surface area contributed by atoms with E-state index in [0.717, 1.165) is 6.20 Å². The Morgan fingerprint density at radius 3 is 2.75 bits per heavy atom. The fourth-order valence-corrected chi connectivity index (χ4v) is 1.16. The van der Waals surface area contributed by atoms with Gasteiger partial charge in [0.2, 0.25) is 0 Å². The van der Waals surface area contributed by atoms with Gasteiger partial charge in [0, 0.05) is 6.20 Å². The molecule has 5 nitrogen and oxygen atoms in total. The molecule has 0 aliphatic heterocycles. The third-order valence-electron chi connectivity index (χ3n) is 1.89. The van der Waals surface area contributed by atoms with Crippen molar-refractivity contribution in [1.82, 2.24) is 4.98 Å². The second-order valence-corrected chi connectivity index (χ2v) is 2.93. The van der Waals surface area contributed by atoms with Crippen molar-refractivity contribution < 1.29 is 18.7 Å². The summed E-state index contributed by atoms with van der Waals surface area (Å²) < 4.78 is 24.9. The third-order valence-corrected chi connectivity index (χ3v) is 1.89. The molecule has 0 saturated carbocycles. The largest absolute Gasteiger partial charge is 0.481 e. The summed E-state index contributed by atoms with van der Waals surface area (Å²) in [5.41, 5.74) is 4.00. The van der Waals surface area contributed by atoms with Crippen LogP contribution >= 0.6 is 0 Å². The van der Waals surface area contributed by atoms with Crippen LogP contribution in [0.15, 0.2) is 6.20 Å². The van der Waals surface area contributed by atoms with E-state index in [1.54, 1.807) is 0 Å². The molecule has 1 heterocycles. The second-order valence-electron chi connectivity index (χ2n) is 2.93. The maximum atomic E-state index is 12.4. The zero-order valence-electron chi connectivity index (χ0n) is 7.94. The number of anilines is 1. The molecular weight excluding hydrogens is 220 g/mol. The summed E-state index contributed by atoms with van der Waals surface area (Å²) in [6, 6.07) is 1.52. The highest BCUT2D eigenvalue weighted by molar-refractivity contribution is 5.73. The Hall–Kier alpha value is -2.23. The fraction of sp³-hybridized carbons (Fsp3) is 0.222. The summed E-state index contributed by atoms with van der Waals surface area (Å²) in [6.07, 6.45) is -2.61. The number of pyridine rings is 1. The van der Waals surface area contributed by atoms with Gasteiger partial charge >= 0.3 is 5.97 Å². The Bertz CT molecular complexity index is 469. The van der Waals surface area contributed by atoms with E-state index >= 15 is 0 Å². The summed E-state index contributed by atoms with van der Waals surface area (Å²) in [7, 11) is 0. The minimum Gasteiger partial charge on any atom is -0.481 e. The number of halogens is 2. The number of carboxylic acid groups (broad SMARTS) is 1. The van der Waals surface area contributed by atoms with Crippen LogP contribution in [0.4, 0.5) is 14.5 Å². The van der Waals surface area contributed by atoms with Crippen LogP contribution in [0, 0.1) is 11.3 Å². The first-order valence-corrected chi connectivity index (χ1v) is 4.14. The van der Waals surface area contributed by atoms with Gasteiger partial charge in [0.05, 0.1) is 28.9 Å². The molecule has 0 amide bonds. The van der Waals surface area contributed by atoms with Crippen molar-refractivity contribution in [3.05, 3.63) is 23.0 Å². The van der Waals surface area contributed by atoms with Crippen LogP contribution in [0.1, 0.15) is 23.2 Å². The maximum Gasteiger partial charge on any atom is 0.309 e. The van der Waals surface area contributed by atoms with Gasteiger partial charge in [-0.1, -0.05) is 0 Å². The van der Waals surface area contributed by atoms with Crippen molar-refractivity contribution in [3.8, 4) is 6.07 Å². The van der Waals surface area contributed by atoms with E-state index in [4.69, 9.17) is 16.1 Å². The first-order valence-electron chi connectivity index (χ1n) is 4.14. The summed E-state index contributed by atoms with van der Waals surface area (Å²) in [5.74, 6) is -1.20. The number of nitrogens with zero attached hydrogens (tertiary/aromatic N) is 2. The molecule has 0 aliphatic carbocycles. The third kappa shape index (κ3) is 2.23. The number of rotatable bonds is 3. The molecule has 0 saturated heterocycles. The normalized spacial score (nSPS) is 10.1. The van der Waals surface area contributed by atoms with Crippen molar-refractivity contribution in [2.24, 2.45) is 0 Å². The van der Waals surface area contributed by atoms with Crippen LogP contribution in [0.3, 0.4) is 0 Å². The van der Waals surface area contributed by atoms with Crippen LogP contribution in [0.2, 0.25) is 0 Å². The average molecular weight is 227 g/mol. The predicted molar refractivity (Wildman–Crippen MR) is 49.7 cm³/mol. The van der Waals surface area contributed by atoms with Gasteiger partial charge in [-0.15, -0.1) is 0 Å². The van der Waals surface area contributed by atoms with Gasteiger partial charge in [0.1, 0.15) is 6.07 Å². The van der Waals surface area contributed by atoms with Crippen LogP contribution in [-0.4, -0.2) is 16.1 Å². The van der Waals surface area contributed by atoms with Crippen molar-refractivity contribution in [1.29, 1.82) is 5.26 Å². The second kappa shape index (κ2) is 4.53. The number of hydrogen-bond donors (Lipinski definition) is 2. The number of aromatic nitrogens is 1. The SMILES string of the molecule is N#Cc1c(C(F)F)cnc(CC(=O)O)c1N. The summed E-state index contributed by atoms with van der Waals surface area (Å²) in [5, 5.41) is 17.2. The highest BCUT2D eigenvalue weighted by Crippen LogP contribution is 2.27. The minimum atomic E-state index is -2.87. The molecule has 0 bridgehead atoms. The van der Waals surface area contributed by atoms with E-state index in [2.05, 4.69) is 4.98 Å². The van der Waals surface area contributed by atoms with Gasteiger partial charge in [-0.25, -0.2) is 8.78 Å². The molecule has 0 atom stereocenters. The van der Waals surface area contributed by atoms with Gasteiger partial charge in [0.15, 0.2) is 0 Å². The molecule has 0 aliphatic rings. The van der Waals surface area contributed by atoms with Gasteiger partial charge in [-0.2, -0.15) is 5.26 Å². The first kappa shape index (κ1) is 11.8. The van der Waals surface area contributed by atoms with E-state index in [-0.39, 0.29) is 11.4 Å². The Labute approximate surface area is 89.1 Å². The number of carbonyl (C=O) groups is 1. The monoisotopic (exact) mass is 227 g/mol. The van der Waals surface area contributed by atoms with E-state index in [1.165, 1.54) is 6.07 Å². The number of aliphatic carboxylic acids is 1. The quantitative estimate of drug-likeness (QED) is 0.805. The number of nitrogen functional groups attached to an aromatic ring is 1. The Morgan fingerprint density at radius 1 is 1.69 bits per heavy atom. The molecule has 0 spiro atoms. The maximum absolute atomic E-state index is 12.4. The molecule has 84 valence electrons. The Balaban J connectivity index is 3.30. The number of hydrogen-bond acceptors (Lipinski definition) is 4. The van der Waals surface area contributed by atoms with E-state index in [0.29, 0.717) is 0 Å². The van der Waals surface area contributed by atoms with E-state index in [9.17, 15) is 13.6 Å². The molecular formula is C9H7F2N3O2. The van der Waals surface area contributed by atoms with Gasteiger partial charge in [0.25, 0.3) is 6.43 Å². The first-order chi connectivity index (χ1) is 7.47. The van der Waals surface area contributed by atoms with Crippen LogP contribution < -0.4 is 5.73 Å². The van der Waals surface area contributed by atoms with Crippen LogP contribution in [-0.2, 0) is 11.2 Å². The smallest absolute Gasteiger partial charge is 0.309 e. The van der Waals surface area contributed by atoms with Gasteiger partial charge < -0.3 is 10.8 Å². The summed E-state index contributed by atoms with van der Waals surface area (Å²) in [6.45, 7) is 0. The lowest BCUT2D eigenvalue weighted by molar-refractivity contribution is -0.136. The fourth-order valence-electron chi connectivity index (χ4n) is 1.16. The molecule has 0 fully saturated rings. The molecule has 0 aromatic carbocycles. The van der Waals surface area contributed by atoms with Crippen molar-refractivity contribution in [3.63, 3.8) is 0 Å². The van der Waals surface area contributed by atoms with E-state index < -0.39 is 29.9 Å². The predicted octanol–water partition coefficient (Wildman–Crippen LogP) is 1.10. The lowest BCUT2D eigenvalue weighted by atomic mass is 10.1. The molecule has 1 aromatic heterocycles.